The fourth-order valence-corrected chi connectivity index (χ4v) is 5.87. The molecule has 1 aliphatic rings. The van der Waals surface area contributed by atoms with Gasteiger partial charge in [-0.15, -0.1) is 0 Å². The van der Waals surface area contributed by atoms with Gasteiger partial charge in [-0.05, 0) is 49.6 Å². The monoisotopic (exact) mass is 470 g/mol. The van der Waals surface area contributed by atoms with E-state index in [0.717, 1.165) is 5.56 Å². The van der Waals surface area contributed by atoms with Gasteiger partial charge < -0.3 is 10.1 Å². The van der Waals surface area contributed by atoms with E-state index in [9.17, 15) is 13.2 Å². The van der Waals surface area contributed by atoms with Crippen molar-refractivity contribution in [2.24, 2.45) is 5.92 Å². The van der Waals surface area contributed by atoms with E-state index in [1.54, 1.807) is 24.3 Å². The average molecular weight is 471 g/mol. The molecule has 162 valence electrons. The van der Waals surface area contributed by atoms with Crippen LogP contribution < -0.4 is 10.1 Å². The molecule has 1 N–H and O–H groups in total. The van der Waals surface area contributed by atoms with Crippen LogP contribution in [0.5, 0.6) is 5.75 Å². The van der Waals surface area contributed by atoms with E-state index in [0.29, 0.717) is 46.4 Å². The zero-order valence-corrected chi connectivity index (χ0v) is 19.1. The molecular weight excluding hydrogens is 447 g/mol. The van der Waals surface area contributed by atoms with Gasteiger partial charge in [0.2, 0.25) is 15.9 Å². The molecule has 0 radical (unpaired) electrons. The molecule has 1 heterocycles. The Morgan fingerprint density at radius 3 is 2.60 bits per heavy atom. The number of aryl methyl sites for hydroxylation is 1. The molecule has 0 bridgehead atoms. The fourth-order valence-electron chi connectivity index (χ4n) is 3.51. The van der Waals surface area contributed by atoms with Crippen molar-refractivity contribution in [1.29, 1.82) is 0 Å². The highest BCUT2D eigenvalue weighted by Gasteiger charge is 2.33. The highest BCUT2D eigenvalue weighted by atomic mass is 35.5. The first-order valence-electron chi connectivity index (χ1n) is 9.57. The van der Waals surface area contributed by atoms with Crippen molar-refractivity contribution in [3.63, 3.8) is 0 Å². The predicted octanol–water partition coefficient (Wildman–Crippen LogP) is 4.49. The van der Waals surface area contributed by atoms with E-state index in [1.807, 2.05) is 19.1 Å². The maximum absolute atomic E-state index is 13.0. The molecule has 30 heavy (non-hydrogen) atoms. The topological polar surface area (TPSA) is 75.7 Å². The van der Waals surface area contributed by atoms with Crippen LogP contribution in [0.25, 0.3) is 0 Å². The van der Waals surface area contributed by atoms with Crippen molar-refractivity contribution in [1.82, 2.24) is 4.31 Å². The van der Waals surface area contributed by atoms with Gasteiger partial charge in [-0.25, -0.2) is 12.7 Å². The summed E-state index contributed by atoms with van der Waals surface area (Å²) in [4.78, 5) is 12.9. The summed E-state index contributed by atoms with van der Waals surface area (Å²) in [7, 11) is -2.14. The predicted molar refractivity (Wildman–Crippen MR) is 120 cm³/mol. The van der Waals surface area contributed by atoms with Crippen molar-refractivity contribution < 1.29 is 17.9 Å². The molecule has 0 aromatic heterocycles. The normalized spacial score (nSPS) is 17.5. The SMILES string of the molecule is COc1ccc(C)cc1NC(=O)C1CCCN(S(=O)(=O)Cc2c(Cl)cccc2Cl)C1. The summed E-state index contributed by atoms with van der Waals surface area (Å²) in [6.07, 6.45) is 1.21. The minimum Gasteiger partial charge on any atom is -0.495 e. The first-order valence-corrected chi connectivity index (χ1v) is 11.9. The summed E-state index contributed by atoms with van der Waals surface area (Å²) >= 11 is 12.3. The van der Waals surface area contributed by atoms with E-state index in [4.69, 9.17) is 27.9 Å². The molecule has 6 nitrogen and oxygen atoms in total. The summed E-state index contributed by atoms with van der Waals surface area (Å²) in [5, 5.41) is 3.50. The van der Waals surface area contributed by atoms with Crippen LogP contribution in [0, 0.1) is 12.8 Å². The van der Waals surface area contributed by atoms with Crippen LogP contribution in [-0.4, -0.2) is 38.8 Å². The molecular formula is C21H24Cl2N2O4S. The number of hydrogen-bond acceptors (Lipinski definition) is 4. The second-order valence-electron chi connectivity index (χ2n) is 7.35. The largest absolute Gasteiger partial charge is 0.495 e. The smallest absolute Gasteiger partial charge is 0.228 e. The second kappa shape index (κ2) is 9.56. The number of ether oxygens (including phenoxy) is 1. The second-order valence-corrected chi connectivity index (χ2v) is 10.1. The molecule has 1 fully saturated rings. The minimum atomic E-state index is -3.68. The van der Waals surface area contributed by atoms with Gasteiger partial charge in [-0.3, -0.25) is 4.79 Å². The van der Waals surface area contributed by atoms with E-state index < -0.39 is 15.9 Å². The zero-order valence-electron chi connectivity index (χ0n) is 16.8. The summed E-state index contributed by atoms with van der Waals surface area (Å²) in [5.41, 5.74) is 1.93. The molecule has 0 aliphatic carbocycles. The Bertz CT molecular complexity index is 1020. The summed E-state index contributed by atoms with van der Waals surface area (Å²) in [5.74, 6) is -0.427. The molecule has 2 aromatic rings. The first kappa shape index (κ1) is 22.9. The van der Waals surface area contributed by atoms with Gasteiger partial charge in [0.25, 0.3) is 0 Å². The number of nitrogens with zero attached hydrogens (tertiary/aromatic N) is 1. The average Bonchev–Trinajstić information content (AvgIpc) is 2.71. The van der Waals surface area contributed by atoms with Crippen LogP contribution >= 0.6 is 23.2 Å². The number of anilines is 1. The van der Waals surface area contributed by atoms with Crippen LogP contribution in [0.3, 0.4) is 0 Å². The lowest BCUT2D eigenvalue weighted by Gasteiger charge is -2.31. The third kappa shape index (κ3) is 5.27. The van der Waals surface area contributed by atoms with Crippen molar-refractivity contribution in [3.05, 3.63) is 57.6 Å². The fraction of sp³-hybridized carbons (Fsp3) is 0.381. The van der Waals surface area contributed by atoms with Gasteiger partial charge in [-0.2, -0.15) is 0 Å². The lowest BCUT2D eigenvalue weighted by Crippen LogP contribution is -2.44. The van der Waals surface area contributed by atoms with Crippen LogP contribution in [0.15, 0.2) is 36.4 Å². The lowest BCUT2D eigenvalue weighted by molar-refractivity contribution is -0.120. The Kier molecular flexibility index (Phi) is 7.29. The number of halogens is 2. The van der Waals surface area contributed by atoms with Crippen molar-refractivity contribution in [3.8, 4) is 5.75 Å². The van der Waals surface area contributed by atoms with E-state index in [-0.39, 0.29) is 18.2 Å². The summed E-state index contributed by atoms with van der Waals surface area (Å²) in [6, 6.07) is 10.4. The Labute approximate surface area is 187 Å². The molecule has 9 heteroatoms. The molecule has 0 spiro atoms. The number of benzene rings is 2. The van der Waals surface area contributed by atoms with E-state index in [2.05, 4.69) is 5.32 Å². The number of carbonyl (C=O) groups excluding carboxylic acids is 1. The highest BCUT2D eigenvalue weighted by molar-refractivity contribution is 7.88. The number of carbonyl (C=O) groups is 1. The standard InChI is InChI=1S/C21H24Cl2N2O4S/c1-14-8-9-20(29-2)19(11-14)24-21(26)15-5-4-10-25(12-15)30(27,28)13-16-17(22)6-3-7-18(16)23/h3,6-9,11,15H,4-5,10,12-13H2,1-2H3,(H,24,26). The zero-order chi connectivity index (χ0) is 21.9. The number of hydrogen-bond donors (Lipinski definition) is 1. The number of methoxy groups -OCH3 is 1. The first-order chi connectivity index (χ1) is 14.2. The Morgan fingerprint density at radius 2 is 1.93 bits per heavy atom. The van der Waals surface area contributed by atoms with Crippen LogP contribution in [0.4, 0.5) is 5.69 Å². The van der Waals surface area contributed by atoms with E-state index in [1.165, 1.54) is 11.4 Å². The van der Waals surface area contributed by atoms with Crippen molar-refractivity contribution in [2.75, 3.05) is 25.5 Å². The third-order valence-electron chi connectivity index (χ3n) is 5.15. The summed E-state index contributed by atoms with van der Waals surface area (Å²) < 4.78 is 32.6. The van der Waals surface area contributed by atoms with E-state index >= 15 is 0 Å². The quantitative estimate of drug-likeness (QED) is 0.674. The van der Waals surface area contributed by atoms with Gasteiger partial charge >= 0.3 is 0 Å². The maximum atomic E-state index is 13.0. The molecule has 1 unspecified atom stereocenters. The Hall–Kier alpha value is -1.80. The molecule has 3 rings (SSSR count). The number of sulfonamides is 1. The molecule has 1 amide bonds. The molecule has 0 saturated carbocycles. The summed E-state index contributed by atoms with van der Waals surface area (Å²) in [6.45, 7) is 2.40. The molecule has 2 aromatic carbocycles. The number of amides is 1. The number of rotatable bonds is 6. The number of piperidine rings is 1. The van der Waals surface area contributed by atoms with Crippen molar-refractivity contribution >= 4 is 44.8 Å². The Balaban J connectivity index is 1.73. The van der Waals surface area contributed by atoms with Gasteiger partial charge in [0.15, 0.2) is 0 Å². The van der Waals surface area contributed by atoms with Crippen LogP contribution in [0.2, 0.25) is 10.0 Å². The highest BCUT2D eigenvalue weighted by Crippen LogP contribution is 2.30. The van der Waals surface area contributed by atoms with Gasteiger partial charge in [0.1, 0.15) is 5.75 Å². The van der Waals surface area contributed by atoms with Crippen LogP contribution in [-0.2, 0) is 20.6 Å². The van der Waals surface area contributed by atoms with Crippen molar-refractivity contribution in [2.45, 2.75) is 25.5 Å². The van der Waals surface area contributed by atoms with Crippen LogP contribution in [0.1, 0.15) is 24.0 Å². The van der Waals surface area contributed by atoms with Gasteiger partial charge in [0, 0.05) is 28.7 Å². The molecule has 1 saturated heterocycles. The molecule has 1 aliphatic heterocycles. The Morgan fingerprint density at radius 1 is 1.23 bits per heavy atom. The third-order valence-corrected chi connectivity index (χ3v) is 7.63. The minimum absolute atomic E-state index is 0.115. The van der Waals surface area contributed by atoms with Gasteiger partial charge in [0.05, 0.1) is 24.5 Å². The lowest BCUT2D eigenvalue weighted by atomic mass is 9.98. The molecule has 1 atom stereocenters. The maximum Gasteiger partial charge on any atom is 0.228 e. The number of nitrogens with one attached hydrogen (secondary N) is 1. The van der Waals surface area contributed by atoms with Gasteiger partial charge in [-0.1, -0.05) is 35.3 Å².